The van der Waals surface area contributed by atoms with Gasteiger partial charge in [0.15, 0.2) is 0 Å². The van der Waals surface area contributed by atoms with Crippen molar-refractivity contribution in [1.29, 1.82) is 0 Å². The third-order valence-electron chi connectivity index (χ3n) is 2.43. The van der Waals surface area contributed by atoms with E-state index in [0.717, 1.165) is 26.0 Å². The van der Waals surface area contributed by atoms with E-state index in [1.807, 2.05) is 6.07 Å². The molecule has 0 saturated carbocycles. The highest BCUT2D eigenvalue weighted by Crippen LogP contribution is 2.10. The van der Waals surface area contributed by atoms with Crippen LogP contribution < -0.4 is 5.73 Å². The first kappa shape index (κ1) is 11.2. The van der Waals surface area contributed by atoms with Crippen LogP contribution in [-0.4, -0.2) is 20.3 Å². The van der Waals surface area contributed by atoms with Gasteiger partial charge < -0.3 is 10.5 Å². The third-order valence-corrected chi connectivity index (χ3v) is 2.43. The molecule has 2 N–H and O–H groups in total. The van der Waals surface area contributed by atoms with Crippen molar-refractivity contribution in [3.05, 3.63) is 35.9 Å². The molecule has 0 aromatic heterocycles. The Kier molecular flexibility index (Phi) is 5.27. The van der Waals surface area contributed by atoms with Crippen molar-refractivity contribution in [1.82, 2.24) is 0 Å². The first-order valence-electron chi connectivity index (χ1n) is 5.09. The van der Waals surface area contributed by atoms with Gasteiger partial charge in [-0.25, -0.2) is 0 Å². The van der Waals surface area contributed by atoms with Crippen molar-refractivity contribution in [2.75, 3.05) is 20.3 Å². The van der Waals surface area contributed by atoms with Crippen LogP contribution in [0.2, 0.25) is 0 Å². The highest BCUT2D eigenvalue weighted by Gasteiger charge is 2.06. The van der Waals surface area contributed by atoms with E-state index in [9.17, 15) is 0 Å². The van der Waals surface area contributed by atoms with Crippen molar-refractivity contribution in [3.63, 3.8) is 0 Å². The molecule has 1 unspecified atom stereocenters. The lowest BCUT2D eigenvalue weighted by Gasteiger charge is -2.13. The van der Waals surface area contributed by atoms with Crippen LogP contribution in [0.4, 0.5) is 0 Å². The molecule has 1 rings (SSSR count). The molecule has 0 aliphatic carbocycles. The highest BCUT2D eigenvalue weighted by molar-refractivity contribution is 5.15. The summed E-state index contributed by atoms with van der Waals surface area (Å²) in [6.07, 6.45) is 2.10. The fourth-order valence-corrected chi connectivity index (χ4v) is 1.54. The van der Waals surface area contributed by atoms with Gasteiger partial charge in [-0.05, 0) is 30.9 Å². The Morgan fingerprint density at radius 1 is 1.29 bits per heavy atom. The summed E-state index contributed by atoms with van der Waals surface area (Å²) in [7, 11) is 1.73. The average molecular weight is 193 g/mol. The fraction of sp³-hybridized carbons (Fsp3) is 0.500. The van der Waals surface area contributed by atoms with Crippen LogP contribution in [0, 0.1) is 5.92 Å². The standard InChI is InChI=1S/C12H19NO/c1-14-8-7-12(10-13)9-11-5-3-2-4-6-11/h2-6,12H,7-10,13H2,1H3. The Balaban J connectivity index is 2.40. The zero-order valence-electron chi connectivity index (χ0n) is 8.78. The second-order valence-electron chi connectivity index (χ2n) is 3.57. The molecule has 78 valence electrons. The number of nitrogens with two attached hydrogens (primary N) is 1. The van der Waals surface area contributed by atoms with Gasteiger partial charge in [0.2, 0.25) is 0 Å². The lowest BCUT2D eigenvalue weighted by atomic mass is 9.97. The van der Waals surface area contributed by atoms with Gasteiger partial charge >= 0.3 is 0 Å². The number of hydrogen-bond donors (Lipinski definition) is 1. The maximum Gasteiger partial charge on any atom is 0.0465 e. The molecule has 0 spiro atoms. The Bertz CT molecular complexity index is 235. The summed E-state index contributed by atoms with van der Waals surface area (Å²) in [5.41, 5.74) is 7.07. The lowest BCUT2D eigenvalue weighted by Crippen LogP contribution is -2.18. The molecule has 14 heavy (non-hydrogen) atoms. The summed E-state index contributed by atoms with van der Waals surface area (Å²) in [6, 6.07) is 10.5. The fourth-order valence-electron chi connectivity index (χ4n) is 1.54. The first-order chi connectivity index (χ1) is 6.86. The lowest BCUT2D eigenvalue weighted by molar-refractivity contribution is 0.178. The van der Waals surface area contributed by atoms with Gasteiger partial charge in [-0.3, -0.25) is 0 Å². The van der Waals surface area contributed by atoms with Gasteiger partial charge in [0.05, 0.1) is 0 Å². The maximum atomic E-state index is 5.71. The van der Waals surface area contributed by atoms with Crippen molar-refractivity contribution in [2.45, 2.75) is 12.8 Å². The van der Waals surface area contributed by atoms with E-state index >= 15 is 0 Å². The van der Waals surface area contributed by atoms with Gasteiger partial charge in [0, 0.05) is 13.7 Å². The zero-order chi connectivity index (χ0) is 10.2. The van der Waals surface area contributed by atoms with Gasteiger partial charge in [0.25, 0.3) is 0 Å². The second-order valence-corrected chi connectivity index (χ2v) is 3.57. The monoisotopic (exact) mass is 193 g/mol. The molecule has 1 aromatic rings. The molecule has 0 amide bonds. The summed E-state index contributed by atoms with van der Waals surface area (Å²) in [5, 5.41) is 0. The van der Waals surface area contributed by atoms with Gasteiger partial charge in [-0.2, -0.15) is 0 Å². The molecule has 0 heterocycles. The van der Waals surface area contributed by atoms with E-state index in [4.69, 9.17) is 10.5 Å². The van der Waals surface area contributed by atoms with E-state index in [1.165, 1.54) is 5.56 Å². The van der Waals surface area contributed by atoms with Gasteiger partial charge in [-0.15, -0.1) is 0 Å². The topological polar surface area (TPSA) is 35.2 Å². The number of benzene rings is 1. The van der Waals surface area contributed by atoms with Crippen LogP contribution in [0.5, 0.6) is 0 Å². The Morgan fingerprint density at radius 3 is 2.57 bits per heavy atom. The normalized spacial score (nSPS) is 12.7. The van der Waals surface area contributed by atoms with Crippen molar-refractivity contribution in [2.24, 2.45) is 11.7 Å². The minimum atomic E-state index is 0.539. The SMILES string of the molecule is COCCC(CN)Cc1ccccc1. The largest absolute Gasteiger partial charge is 0.385 e. The zero-order valence-corrected chi connectivity index (χ0v) is 8.78. The van der Waals surface area contributed by atoms with E-state index < -0.39 is 0 Å². The second kappa shape index (κ2) is 6.57. The van der Waals surface area contributed by atoms with E-state index in [2.05, 4.69) is 24.3 Å². The van der Waals surface area contributed by atoms with E-state index in [1.54, 1.807) is 7.11 Å². The molecule has 0 bridgehead atoms. The van der Waals surface area contributed by atoms with Crippen molar-refractivity contribution in [3.8, 4) is 0 Å². The maximum absolute atomic E-state index is 5.71. The summed E-state index contributed by atoms with van der Waals surface area (Å²) in [5.74, 6) is 0.539. The molecule has 2 nitrogen and oxygen atoms in total. The third kappa shape index (κ3) is 3.90. The molecular formula is C12H19NO. The first-order valence-corrected chi connectivity index (χ1v) is 5.09. The van der Waals surface area contributed by atoms with Crippen LogP contribution in [-0.2, 0) is 11.2 Å². The highest BCUT2D eigenvalue weighted by atomic mass is 16.5. The quantitative estimate of drug-likeness (QED) is 0.748. The number of hydrogen-bond acceptors (Lipinski definition) is 2. The predicted molar refractivity (Wildman–Crippen MR) is 59.2 cm³/mol. The number of rotatable bonds is 6. The minimum Gasteiger partial charge on any atom is -0.385 e. The van der Waals surface area contributed by atoms with Crippen LogP contribution in [0.25, 0.3) is 0 Å². The van der Waals surface area contributed by atoms with Crippen molar-refractivity contribution >= 4 is 0 Å². The summed E-state index contributed by atoms with van der Waals surface area (Å²) in [6.45, 7) is 1.53. The smallest absolute Gasteiger partial charge is 0.0465 e. The molecule has 0 aliphatic heterocycles. The molecule has 0 radical (unpaired) electrons. The molecule has 1 atom stereocenters. The molecule has 0 saturated heterocycles. The summed E-state index contributed by atoms with van der Waals surface area (Å²) >= 11 is 0. The summed E-state index contributed by atoms with van der Waals surface area (Å²) < 4.78 is 5.06. The van der Waals surface area contributed by atoms with Gasteiger partial charge in [-0.1, -0.05) is 30.3 Å². The molecule has 0 aliphatic rings. The Labute approximate surface area is 86.1 Å². The van der Waals surface area contributed by atoms with Crippen LogP contribution in [0.1, 0.15) is 12.0 Å². The number of ether oxygens (including phenoxy) is 1. The summed E-state index contributed by atoms with van der Waals surface area (Å²) in [4.78, 5) is 0. The molecular weight excluding hydrogens is 174 g/mol. The van der Waals surface area contributed by atoms with E-state index in [0.29, 0.717) is 5.92 Å². The van der Waals surface area contributed by atoms with Crippen LogP contribution in [0.3, 0.4) is 0 Å². The van der Waals surface area contributed by atoms with Gasteiger partial charge in [0.1, 0.15) is 0 Å². The van der Waals surface area contributed by atoms with Crippen LogP contribution >= 0.6 is 0 Å². The number of methoxy groups -OCH3 is 1. The Morgan fingerprint density at radius 2 is 2.00 bits per heavy atom. The average Bonchev–Trinajstić information content (AvgIpc) is 2.25. The molecule has 0 fully saturated rings. The molecule has 2 heteroatoms. The Hall–Kier alpha value is -0.860. The minimum absolute atomic E-state index is 0.539. The van der Waals surface area contributed by atoms with E-state index in [-0.39, 0.29) is 0 Å². The van der Waals surface area contributed by atoms with Crippen molar-refractivity contribution < 1.29 is 4.74 Å². The molecule has 1 aromatic carbocycles. The van der Waals surface area contributed by atoms with Crippen LogP contribution in [0.15, 0.2) is 30.3 Å². The predicted octanol–water partition coefficient (Wildman–Crippen LogP) is 1.84.